The van der Waals surface area contributed by atoms with Gasteiger partial charge >= 0.3 is 0 Å². The van der Waals surface area contributed by atoms with Crippen LogP contribution in [0.5, 0.6) is 0 Å². The Morgan fingerprint density at radius 2 is 1.44 bits per heavy atom. The summed E-state index contributed by atoms with van der Waals surface area (Å²) >= 11 is 12.8. The Morgan fingerprint density at radius 1 is 0.778 bits per heavy atom. The molecule has 0 unspecified atom stereocenters. The minimum atomic E-state index is -2.00. The van der Waals surface area contributed by atoms with E-state index in [1.54, 1.807) is 0 Å². The van der Waals surface area contributed by atoms with Gasteiger partial charge in [-0.1, -0.05) is 32.6 Å². The summed E-state index contributed by atoms with van der Waals surface area (Å²) in [5.41, 5.74) is 0. The van der Waals surface area contributed by atoms with Crippen molar-refractivity contribution in [1.29, 1.82) is 0 Å². The van der Waals surface area contributed by atoms with Crippen LogP contribution in [-0.2, 0) is 9.47 Å². The first-order chi connectivity index (χ1) is 8.62. The first-order valence-corrected chi connectivity index (χ1v) is 11.6. The molecule has 2 nitrogen and oxygen atoms in total. The van der Waals surface area contributed by atoms with E-state index in [1.165, 1.54) is 25.7 Å². The minimum Gasteiger partial charge on any atom is -0.379 e. The fraction of sp³-hybridized carbons (Fsp3) is 1.00. The number of unbranched alkanes of at least 4 members (excludes halogenated alkanes) is 3. The van der Waals surface area contributed by atoms with Crippen molar-refractivity contribution < 1.29 is 9.47 Å². The third-order valence-electron chi connectivity index (χ3n) is 2.80. The second kappa shape index (κ2) is 12.7. The van der Waals surface area contributed by atoms with Crippen LogP contribution in [0.2, 0.25) is 12.1 Å². The molecule has 0 amide bonds. The van der Waals surface area contributed by atoms with E-state index >= 15 is 0 Å². The number of hydrogen-bond donors (Lipinski definition) is 0. The van der Waals surface area contributed by atoms with Crippen LogP contribution < -0.4 is 0 Å². The highest BCUT2D eigenvalue weighted by molar-refractivity contribution is 7.45. The number of ether oxygens (including phenoxy) is 2. The van der Waals surface area contributed by atoms with Gasteiger partial charge in [-0.2, -0.15) is 0 Å². The maximum atomic E-state index is 6.40. The molecule has 0 atom stereocenters. The Labute approximate surface area is 123 Å². The van der Waals surface area contributed by atoms with E-state index in [1.807, 2.05) is 6.92 Å². The summed E-state index contributed by atoms with van der Waals surface area (Å²) in [4.78, 5) is 0. The van der Waals surface area contributed by atoms with Crippen LogP contribution in [0.3, 0.4) is 0 Å². The van der Waals surface area contributed by atoms with E-state index in [2.05, 4.69) is 6.92 Å². The Morgan fingerprint density at radius 3 is 2.11 bits per heavy atom. The van der Waals surface area contributed by atoms with E-state index in [9.17, 15) is 0 Å². The summed E-state index contributed by atoms with van der Waals surface area (Å²) in [5, 5.41) is 0. The largest absolute Gasteiger partial charge is 0.379 e. The van der Waals surface area contributed by atoms with Gasteiger partial charge in [0.25, 0.3) is 6.69 Å². The van der Waals surface area contributed by atoms with Crippen molar-refractivity contribution in [3.05, 3.63) is 0 Å². The van der Waals surface area contributed by atoms with Crippen LogP contribution in [0, 0.1) is 0 Å². The predicted octanol–water partition coefficient (Wildman–Crippen LogP) is 4.93. The summed E-state index contributed by atoms with van der Waals surface area (Å²) in [5.74, 6) is 0. The van der Waals surface area contributed by atoms with Crippen molar-refractivity contribution in [3.63, 3.8) is 0 Å². The Balaban J connectivity index is 3.34. The van der Waals surface area contributed by atoms with Crippen LogP contribution in [0.25, 0.3) is 0 Å². The third kappa shape index (κ3) is 13.2. The molecule has 18 heavy (non-hydrogen) atoms. The summed E-state index contributed by atoms with van der Waals surface area (Å²) < 4.78 is 10.6. The average molecular weight is 315 g/mol. The summed E-state index contributed by atoms with van der Waals surface area (Å²) in [6.45, 7) is 5.05. The SMILES string of the molecule is CCCCCC[Si](Cl)(Cl)CCCOCCOCC. The van der Waals surface area contributed by atoms with E-state index in [-0.39, 0.29) is 0 Å². The van der Waals surface area contributed by atoms with Gasteiger partial charge in [-0.15, -0.1) is 22.2 Å². The van der Waals surface area contributed by atoms with Crippen molar-refractivity contribution in [3.8, 4) is 0 Å². The van der Waals surface area contributed by atoms with E-state index in [0.29, 0.717) is 13.2 Å². The topological polar surface area (TPSA) is 18.5 Å². The molecular weight excluding hydrogens is 287 g/mol. The first kappa shape index (κ1) is 18.7. The van der Waals surface area contributed by atoms with Crippen molar-refractivity contribution in [2.45, 2.75) is 58.0 Å². The van der Waals surface area contributed by atoms with Gasteiger partial charge in [-0.3, -0.25) is 0 Å². The van der Waals surface area contributed by atoms with Gasteiger partial charge in [0.15, 0.2) is 0 Å². The first-order valence-electron chi connectivity index (χ1n) is 7.15. The molecule has 0 heterocycles. The van der Waals surface area contributed by atoms with Crippen molar-refractivity contribution in [2.24, 2.45) is 0 Å². The molecule has 0 aliphatic rings. The average Bonchev–Trinajstić information content (AvgIpc) is 2.34. The van der Waals surface area contributed by atoms with Gasteiger partial charge in [-0.25, -0.2) is 0 Å². The lowest BCUT2D eigenvalue weighted by atomic mass is 10.2. The second-order valence-corrected chi connectivity index (χ2v) is 12.2. The summed E-state index contributed by atoms with van der Waals surface area (Å²) in [6.07, 6.45) is 5.96. The lowest BCUT2D eigenvalue weighted by molar-refractivity contribution is 0.0531. The molecule has 0 spiro atoms. The number of hydrogen-bond acceptors (Lipinski definition) is 2. The molecule has 0 aliphatic heterocycles. The molecule has 5 heteroatoms. The second-order valence-electron chi connectivity index (χ2n) is 4.58. The molecule has 0 saturated carbocycles. The molecule has 0 rings (SSSR count). The van der Waals surface area contributed by atoms with Crippen LogP contribution in [0.4, 0.5) is 0 Å². The quantitative estimate of drug-likeness (QED) is 0.272. The zero-order chi connectivity index (χ0) is 13.7. The monoisotopic (exact) mass is 314 g/mol. The van der Waals surface area contributed by atoms with Crippen molar-refractivity contribution >= 4 is 28.9 Å². The van der Waals surface area contributed by atoms with Crippen molar-refractivity contribution in [2.75, 3.05) is 26.4 Å². The lowest BCUT2D eigenvalue weighted by Crippen LogP contribution is -2.19. The standard InChI is InChI=1S/C13H28Cl2O2Si/c1-3-5-6-7-12-18(14,15)13-8-9-17-11-10-16-4-2/h3-13H2,1-2H3. The van der Waals surface area contributed by atoms with E-state index in [4.69, 9.17) is 31.6 Å². The fourth-order valence-electron chi connectivity index (χ4n) is 1.73. The van der Waals surface area contributed by atoms with Gasteiger partial charge in [0.05, 0.1) is 13.2 Å². The minimum absolute atomic E-state index is 0.670. The van der Waals surface area contributed by atoms with Gasteiger partial charge in [0.1, 0.15) is 0 Å². The third-order valence-corrected chi connectivity index (χ3v) is 7.24. The lowest BCUT2D eigenvalue weighted by Gasteiger charge is -2.16. The molecule has 0 aliphatic carbocycles. The van der Waals surface area contributed by atoms with Crippen LogP contribution in [-0.4, -0.2) is 33.1 Å². The Hall–Kier alpha value is 0.717. The molecule has 0 N–H and O–H groups in total. The van der Waals surface area contributed by atoms with E-state index in [0.717, 1.165) is 31.7 Å². The molecule has 0 aromatic rings. The molecular formula is C13H28Cl2O2Si. The molecule has 0 aromatic heterocycles. The normalized spacial score (nSPS) is 12.0. The Bertz CT molecular complexity index is 180. The van der Waals surface area contributed by atoms with Gasteiger partial charge < -0.3 is 9.47 Å². The van der Waals surface area contributed by atoms with Crippen molar-refractivity contribution in [1.82, 2.24) is 0 Å². The molecule has 0 fully saturated rings. The fourth-order valence-corrected chi connectivity index (χ4v) is 5.01. The van der Waals surface area contributed by atoms with E-state index < -0.39 is 6.69 Å². The Kier molecular flexibility index (Phi) is 13.2. The predicted molar refractivity (Wildman–Crippen MR) is 83.1 cm³/mol. The highest BCUT2D eigenvalue weighted by Crippen LogP contribution is 2.29. The zero-order valence-corrected chi connectivity index (χ0v) is 14.4. The highest BCUT2D eigenvalue weighted by Gasteiger charge is 2.26. The molecule has 0 bridgehead atoms. The van der Waals surface area contributed by atoms with Crippen LogP contribution in [0.15, 0.2) is 0 Å². The van der Waals surface area contributed by atoms with Crippen LogP contribution in [0.1, 0.15) is 46.0 Å². The number of halogens is 2. The van der Waals surface area contributed by atoms with Gasteiger partial charge in [0, 0.05) is 13.2 Å². The highest BCUT2D eigenvalue weighted by atomic mass is 35.7. The molecule has 0 saturated heterocycles. The van der Waals surface area contributed by atoms with Gasteiger partial charge in [0.2, 0.25) is 0 Å². The zero-order valence-electron chi connectivity index (χ0n) is 11.9. The maximum absolute atomic E-state index is 6.40. The summed E-state index contributed by atoms with van der Waals surface area (Å²) in [7, 11) is 0. The molecule has 110 valence electrons. The molecule has 0 radical (unpaired) electrons. The maximum Gasteiger partial charge on any atom is 0.251 e. The number of rotatable bonds is 13. The smallest absolute Gasteiger partial charge is 0.251 e. The summed E-state index contributed by atoms with van der Waals surface area (Å²) in [6, 6.07) is 1.96. The molecule has 0 aromatic carbocycles. The van der Waals surface area contributed by atoms with Crippen LogP contribution >= 0.6 is 22.2 Å². The van der Waals surface area contributed by atoms with Gasteiger partial charge in [-0.05, 0) is 25.4 Å².